The van der Waals surface area contributed by atoms with Crippen molar-refractivity contribution in [3.63, 3.8) is 0 Å². The molecule has 92 valence electrons. The van der Waals surface area contributed by atoms with E-state index in [1.54, 1.807) is 11.8 Å². The van der Waals surface area contributed by atoms with Crippen LogP contribution in [0.5, 0.6) is 0 Å². The summed E-state index contributed by atoms with van der Waals surface area (Å²) in [7, 11) is 0. The van der Waals surface area contributed by atoms with E-state index < -0.39 is 12.0 Å². The highest BCUT2D eigenvalue weighted by molar-refractivity contribution is 7.98. The summed E-state index contributed by atoms with van der Waals surface area (Å²) in [5.74, 6) is -0.415. The fourth-order valence-electron chi connectivity index (χ4n) is 1.67. The van der Waals surface area contributed by atoms with Gasteiger partial charge in [0.15, 0.2) is 0 Å². The van der Waals surface area contributed by atoms with Crippen molar-refractivity contribution in [1.82, 2.24) is 10.6 Å². The van der Waals surface area contributed by atoms with Gasteiger partial charge in [-0.15, -0.1) is 0 Å². The molecule has 1 aliphatic rings. The highest BCUT2D eigenvalue weighted by atomic mass is 32.2. The first-order chi connectivity index (χ1) is 7.65. The Morgan fingerprint density at radius 3 is 2.88 bits per heavy atom. The highest BCUT2D eigenvalue weighted by Gasteiger charge is 2.26. The number of carboxylic acid groups (broad SMARTS) is 1. The quantitative estimate of drug-likeness (QED) is 0.618. The van der Waals surface area contributed by atoms with Gasteiger partial charge in [-0.1, -0.05) is 0 Å². The van der Waals surface area contributed by atoms with Gasteiger partial charge in [0.1, 0.15) is 6.04 Å². The van der Waals surface area contributed by atoms with Crippen molar-refractivity contribution in [2.24, 2.45) is 0 Å². The number of hydrogen-bond donors (Lipinski definition) is 3. The molecule has 0 saturated carbocycles. The van der Waals surface area contributed by atoms with E-state index in [0.29, 0.717) is 6.42 Å². The summed E-state index contributed by atoms with van der Waals surface area (Å²) in [4.78, 5) is 22.6. The van der Waals surface area contributed by atoms with Crippen LogP contribution in [0.4, 0.5) is 0 Å². The molecule has 1 fully saturated rings. The maximum absolute atomic E-state index is 11.7. The molecule has 1 rings (SSSR count). The van der Waals surface area contributed by atoms with Crippen LogP contribution in [0, 0.1) is 0 Å². The molecule has 0 aliphatic carbocycles. The molecule has 0 aromatic rings. The first-order valence-electron chi connectivity index (χ1n) is 5.40. The van der Waals surface area contributed by atoms with E-state index in [2.05, 4.69) is 10.6 Å². The lowest BCUT2D eigenvalue weighted by Crippen LogP contribution is -2.48. The molecule has 0 spiro atoms. The molecular weight excluding hydrogens is 228 g/mol. The summed E-state index contributed by atoms with van der Waals surface area (Å²) in [5, 5.41) is 14.6. The van der Waals surface area contributed by atoms with Gasteiger partial charge in [-0.2, -0.15) is 11.8 Å². The Hall–Kier alpha value is -0.750. The molecule has 0 radical (unpaired) electrons. The van der Waals surface area contributed by atoms with E-state index in [9.17, 15) is 9.59 Å². The molecule has 2 atom stereocenters. The minimum atomic E-state index is -0.958. The lowest BCUT2D eigenvalue weighted by Gasteiger charge is -2.17. The Morgan fingerprint density at radius 1 is 1.62 bits per heavy atom. The Morgan fingerprint density at radius 2 is 2.38 bits per heavy atom. The predicted molar refractivity (Wildman–Crippen MR) is 63.6 cm³/mol. The van der Waals surface area contributed by atoms with Crippen LogP contribution in [0.1, 0.15) is 19.3 Å². The number of hydrogen-bond acceptors (Lipinski definition) is 4. The van der Waals surface area contributed by atoms with Crippen LogP contribution in [0.2, 0.25) is 0 Å². The fraction of sp³-hybridized carbons (Fsp3) is 0.800. The predicted octanol–water partition coefficient (Wildman–Crippen LogP) is 0.0609. The number of carboxylic acids is 1. The Kier molecular flexibility index (Phi) is 5.62. The third-order valence-corrected chi connectivity index (χ3v) is 3.25. The molecular formula is C10H18N2O3S. The van der Waals surface area contributed by atoms with Crippen LogP contribution in [0.15, 0.2) is 0 Å². The Labute approximate surface area is 99.4 Å². The molecule has 1 aliphatic heterocycles. The van der Waals surface area contributed by atoms with Crippen molar-refractivity contribution in [2.75, 3.05) is 18.6 Å². The monoisotopic (exact) mass is 246 g/mol. The minimum Gasteiger partial charge on any atom is -0.480 e. The molecule has 16 heavy (non-hydrogen) atoms. The number of aliphatic carboxylic acids is 1. The van der Waals surface area contributed by atoms with Crippen LogP contribution in [0.25, 0.3) is 0 Å². The average Bonchev–Trinajstić information content (AvgIpc) is 2.76. The van der Waals surface area contributed by atoms with Gasteiger partial charge in [-0.05, 0) is 37.8 Å². The molecule has 0 bridgehead atoms. The van der Waals surface area contributed by atoms with Crippen LogP contribution >= 0.6 is 11.8 Å². The van der Waals surface area contributed by atoms with Crippen LogP contribution in [-0.4, -0.2) is 47.6 Å². The molecule has 6 heteroatoms. The largest absolute Gasteiger partial charge is 0.480 e. The Bertz CT molecular complexity index is 254. The van der Waals surface area contributed by atoms with Crippen LogP contribution in [0.3, 0.4) is 0 Å². The normalized spacial score (nSPS) is 21.7. The minimum absolute atomic E-state index is 0.189. The van der Waals surface area contributed by atoms with Gasteiger partial charge in [0.25, 0.3) is 0 Å². The molecule has 0 aromatic carbocycles. The van der Waals surface area contributed by atoms with Gasteiger partial charge in [0.2, 0.25) is 5.91 Å². The summed E-state index contributed by atoms with van der Waals surface area (Å²) >= 11 is 1.58. The summed E-state index contributed by atoms with van der Waals surface area (Å²) in [5.41, 5.74) is 0. The standard InChI is InChI=1S/C10H18N2O3S/c1-16-6-4-8(10(14)15)12-9(13)7-3-2-5-11-7/h7-8,11H,2-6H2,1H3,(H,12,13)(H,14,15)/t7-,8?/m1/s1. The van der Waals surface area contributed by atoms with Crippen molar-refractivity contribution < 1.29 is 14.7 Å². The van der Waals surface area contributed by atoms with E-state index in [4.69, 9.17) is 5.11 Å². The van der Waals surface area contributed by atoms with Crippen LogP contribution < -0.4 is 10.6 Å². The number of carbonyl (C=O) groups is 2. The van der Waals surface area contributed by atoms with Gasteiger partial charge < -0.3 is 15.7 Å². The van der Waals surface area contributed by atoms with Crippen molar-refractivity contribution in [1.29, 1.82) is 0 Å². The molecule has 0 aromatic heterocycles. The van der Waals surface area contributed by atoms with E-state index in [1.165, 1.54) is 0 Å². The smallest absolute Gasteiger partial charge is 0.326 e. The van der Waals surface area contributed by atoms with Gasteiger partial charge in [0, 0.05) is 0 Å². The molecule has 1 heterocycles. The average molecular weight is 246 g/mol. The first-order valence-corrected chi connectivity index (χ1v) is 6.80. The number of rotatable bonds is 6. The lowest BCUT2D eigenvalue weighted by molar-refractivity contribution is -0.142. The second-order valence-electron chi connectivity index (χ2n) is 3.83. The zero-order valence-corrected chi connectivity index (χ0v) is 10.2. The zero-order valence-electron chi connectivity index (χ0n) is 9.36. The number of thioether (sulfide) groups is 1. The zero-order chi connectivity index (χ0) is 12.0. The Balaban J connectivity index is 2.40. The summed E-state index contributed by atoms with van der Waals surface area (Å²) in [6.45, 7) is 0.834. The van der Waals surface area contributed by atoms with E-state index in [1.807, 2.05) is 6.26 Å². The van der Waals surface area contributed by atoms with Crippen molar-refractivity contribution >= 4 is 23.6 Å². The maximum Gasteiger partial charge on any atom is 0.326 e. The van der Waals surface area contributed by atoms with Gasteiger partial charge in [-0.25, -0.2) is 4.79 Å². The lowest BCUT2D eigenvalue weighted by atomic mass is 10.1. The third-order valence-electron chi connectivity index (χ3n) is 2.60. The summed E-state index contributed by atoms with van der Waals surface area (Å²) < 4.78 is 0. The van der Waals surface area contributed by atoms with Gasteiger partial charge in [-0.3, -0.25) is 4.79 Å². The second kappa shape index (κ2) is 6.75. The first kappa shape index (κ1) is 13.3. The highest BCUT2D eigenvalue weighted by Crippen LogP contribution is 2.06. The second-order valence-corrected chi connectivity index (χ2v) is 4.82. The van der Waals surface area contributed by atoms with E-state index >= 15 is 0 Å². The molecule has 3 N–H and O–H groups in total. The molecule has 1 saturated heterocycles. The van der Waals surface area contributed by atoms with Crippen molar-refractivity contribution in [2.45, 2.75) is 31.3 Å². The number of amides is 1. The number of nitrogens with one attached hydrogen (secondary N) is 2. The van der Waals surface area contributed by atoms with E-state index in [0.717, 1.165) is 25.1 Å². The SMILES string of the molecule is CSCCC(NC(=O)[C@H]1CCCN1)C(=O)O. The van der Waals surface area contributed by atoms with Gasteiger partial charge >= 0.3 is 5.97 Å². The maximum atomic E-state index is 11.7. The fourth-order valence-corrected chi connectivity index (χ4v) is 2.15. The topological polar surface area (TPSA) is 78.4 Å². The molecule has 1 unspecified atom stereocenters. The van der Waals surface area contributed by atoms with Gasteiger partial charge in [0.05, 0.1) is 6.04 Å². The molecule has 1 amide bonds. The van der Waals surface area contributed by atoms with Crippen molar-refractivity contribution in [3.8, 4) is 0 Å². The summed E-state index contributed by atoms with van der Waals surface area (Å²) in [6.07, 6.45) is 4.15. The summed E-state index contributed by atoms with van der Waals surface area (Å²) in [6, 6.07) is -0.974. The molecule has 5 nitrogen and oxygen atoms in total. The third kappa shape index (κ3) is 4.02. The number of carbonyl (C=O) groups excluding carboxylic acids is 1. The van der Waals surface area contributed by atoms with Crippen LogP contribution in [-0.2, 0) is 9.59 Å². The van der Waals surface area contributed by atoms with Crippen molar-refractivity contribution in [3.05, 3.63) is 0 Å². The van der Waals surface area contributed by atoms with E-state index in [-0.39, 0.29) is 11.9 Å².